The van der Waals surface area contributed by atoms with Crippen LogP contribution >= 0.6 is 0 Å². The van der Waals surface area contributed by atoms with Gasteiger partial charge in [-0.2, -0.15) is 0 Å². The molecule has 0 heterocycles. The monoisotopic (exact) mass is 355 g/mol. The lowest BCUT2D eigenvalue weighted by molar-refractivity contribution is -0.156. The Labute approximate surface area is 152 Å². The Morgan fingerprint density at radius 1 is 1.08 bits per heavy atom. The lowest BCUT2D eigenvalue weighted by atomic mass is 9.64. The molecule has 2 aromatic carbocycles. The minimum atomic E-state index is -0.756. The first-order valence-corrected chi connectivity index (χ1v) is 8.71. The molecule has 1 aliphatic carbocycles. The Kier molecular flexibility index (Phi) is 5.07. The molecule has 1 N–H and O–H groups in total. The van der Waals surface area contributed by atoms with E-state index >= 15 is 0 Å². The van der Waals surface area contributed by atoms with E-state index in [0.29, 0.717) is 18.5 Å². The van der Waals surface area contributed by atoms with Crippen molar-refractivity contribution < 1.29 is 18.7 Å². The molecule has 0 aliphatic heterocycles. The lowest BCUT2D eigenvalue weighted by Gasteiger charge is -2.39. The van der Waals surface area contributed by atoms with Crippen molar-refractivity contribution in [3.63, 3.8) is 0 Å². The van der Waals surface area contributed by atoms with Gasteiger partial charge in [-0.05, 0) is 67.6 Å². The average molecular weight is 355 g/mol. The van der Waals surface area contributed by atoms with E-state index in [9.17, 15) is 14.0 Å². The van der Waals surface area contributed by atoms with E-state index in [2.05, 4.69) is 5.32 Å². The fourth-order valence-corrected chi connectivity index (χ4v) is 3.20. The molecule has 3 rings (SSSR count). The number of anilines is 1. The molecule has 4 nitrogen and oxygen atoms in total. The molecule has 0 unspecified atom stereocenters. The minimum absolute atomic E-state index is 0.339. The summed E-state index contributed by atoms with van der Waals surface area (Å²) in [4.78, 5) is 24.7. The summed E-state index contributed by atoms with van der Waals surface area (Å²) in [5.74, 6) is -1.15. The summed E-state index contributed by atoms with van der Waals surface area (Å²) in [6.07, 6.45) is 2.20. The average Bonchev–Trinajstić information content (AvgIpc) is 2.57. The standard InChI is InChI=1S/C21H22FNO3/c1-14-4-9-18(12-15(14)2)23-19(24)13-26-20(25)21(10-3-11-21)16-5-7-17(22)8-6-16/h4-9,12H,3,10-11,13H2,1-2H3,(H,23,24). The third-order valence-corrected chi connectivity index (χ3v) is 5.12. The summed E-state index contributed by atoms with van der Waals surface area (Å²) in [6.45, 7) is 3.62. The van der Waals surface area contributed by atoms with Crippen molar-refractivity contribution in [2.45, 2.75) is 38.5 Å². The number of aryl methyl sites for hydroxylation is 2. The Morgan fingerprint density at radius 3 is 2.35 bits per heavy atom. The Bertz CT molecular complexity index is 826. The molecule has 2 aromatic rings. The van der Waals surface area contributed by atoms with E-state index in [4.69, 9.17) is 4.74 Å². The molecular weight excluding hydrogens is 333 g/mol. The van der Waals surface area contributed by atoms with Crippen LogP contribution in [-0.4, -0.2) is 18.5 Å². The van der Waals surface area contributed by atoms with Gasteiger partial charge in [0.1, 0.15) is 5.82 Å². The maximum Gasteiger partial charge on any atom is 0.317 e. The number of halogens is 1. The summed E-state index contributed by atoms with van der Waals surface area (Å²) in [7, 11) is 0. The van der Waals surface area contributed by atoms with Crippen LogP contribution < -0.4 is 5.32 Å². The maximum atomic E-state index is 13.1. The molecule has 1 aliphatic rings. The van der Waals surface area contributed by atoms with Gasteiger partial charge in [-0.1, -0.05) is 24.6 Å². The van der Waals surface area contributed by atoms with Gasteiger partial charge in [0, 0.05) is 5.69 Å². The number of amides is 1. The summed E-state index contributed by atoms with van der Waals surface area (Å²) >= 11 is 0. The minimum Gasteiger partial charge on any atom is -0.455 e. The molecule has 1 fully saturated rings. The molecule has 0 atom stereocenters. The number of hydrogen-bond donors (Lipinski definition) is 1. The van der Waals surface area contributed by atoms with Crippen LogP contribution in [0.25, 0.3) is 0 Å². The highest BCUT2D eigenvalue weighted by atomic mass is 19.1. The zero-order chi connectivity index (χ0) is 18.7. The van der Waals surface area contributed by atoms with Crippen LogP contribution in [0.3, 0.4) is 0 Å². The molecule has 26 heavy (non-hydrogen) atoms. The van der Waals surface area contributed by atoms with E-state index < -0.39 is 11.4 Å². The van der Waals surface area contributed by atoms with Crippen LogP contribution in [0.5, 0.6) is 0 Å². The van der Waals surface area contributed by atoms with Gasteiger partial charge < -0.3 is 10.1 Å². The Balaban J connectivity index is 1.61. The van der Waals surface area contributed by atoms with Gasteiger partial charge in [-0.25, -0.2) is 4.39 Å². The van der Waals surface area contributed by atoms with E-state index in [0.717, 1.165) is 23.1 Å². The summed E-state index contributed by atoms with van der Waals surface area (Å²) in [6, 6.07) is 11.5. The van der Waals surface area contributed by atoms with Gasteiger partial charge in [0.2, 0.25) is 0 Å². The van der Waals surface area contributed by atoms with Crippen molar-refractivity contribution >= 4 is 17.6 Å². The number of ether oxygens (including phenoxy) is 1. The molecule has 1 amide bonds. The molecule has 0 aromatic heterocycles. The highest BCUT2D eigenvalue weighted by Gasteiger charge is 2.47. The van der Waals surface area contributed by atoms with Crippen LogP contribution in [0.4, 0.5) is 10.1 Å². The predicted molar refractivity (Wildman–Crippen MR) is 97.4 cm³/mol. The van der Waals surface area contributed by atoms with Gasteiger partial charge in [-0.15, -0.1) is 0 Å². The summed E-state index contributed by atoms with van der Waals surface area (Å²) < 4.78 is 18.4. The normalized spacial score (nSPS) is 15.0. The highest BCUT2D eigenvalue weighted by Crippen LogP contribution is 2.44. The van der Waals surface area contributed by atoms with Crippen LogP contribution in [0.1, 0.15) is 36.0 Å². The third-order valence-electron chi connectivity index (χ3n) is 5.12. The predicted octanol–water partition coefficient (Wildman–Crippen LogP) is 4.05. The highest BCUT2D eigenvalue weighted by molar-refractivity contribution is 5.94. The van der Waals surface area contributed by atoms with Crippen LogP contribution in [0.2, 0.25) is 0 Å². The first kappa shape index (κ1) is 18.1. The number of carbonyl (C=O) groups is 2. The van der Waals surface area contributed by atoms with Gasteiger partial charge in [0.25, 0.3) is 5.91 Å². The molecule has 0 radical (unpaired) electrons. The molecule has 1 saturated carbocycles. The van der Waals surface area contributed by atoms with Crippen molar-refractivity contribution in [2.75, 3.05) is 11.9 Å². The molecule has 0 bridgehead atoms. The SMILES string of the molecule is Cc1ccc(NC(=O)COC(=O)C2(c3ccc(F)cc3)CCC2)cc1C. The van der Waals surface area contributed by atoms with Crippen LogP contribution in [-0.2, 0) is 19.7 Å². The van der Waals surface area contributed by atoms with Crippen molar-refractivity contribution in [1.29, 1.82) is 0 Å². The van der Waals surface area contributed by atoms with Crippen molar-refractivity contribution in [1.82, 2.24) is 0 Å². The number of benzene rings is 2. The van der Waals surface area contributed by atoms with Crippen LogP contribution in [0.15, 0.2) is 42.5 Å². The summed E-state index contributed by atoms with van der Waals surface area (Å²) in [5.41, 5.74) is 2.87. The second-order valence-corrected chi connectivity index (χ2v) is 6.87. The fraction of sp³-hybridized carbons (Fsp3) is 0.333. The number of carbonyl (C=O) groups excluding carboxylic acids is 2. The summed E-state index contributed by atoms with van der Waals surface area (Å²) in [5, 5.41) is 2.73. The maximum absolute atomic E-state index is 13.1. The third kappa shape index (κ3) is 3.62. The van der Waals surface area contributed by atoms with E-state index in [1.54, 1.807) is 12.1 Å². The zero-order valence-corrected chi connectivity index (χ0v) is 15.0. The van der Waals surface area contributed by atoms with E-state index in [1.807, 2.05) is 32.0 Å². The number of hydrogen-bond acceptors (Lipinski definition) is 3. The second-order valence-electron chi connectivity index (χ2n) is 6.87. The number of esters is 1. The Morgan fingerprint density at radius 2 is 1.77 bits per heavy atom. The lowest BCUT2D eigenvalue weighted by Crippen LogP contribution is -2.44. The molecule has 0 saturated heterocycles. The first-order valence-electron chi connectivity index (χ1n) is 8.71. The van der Waals surface area contributed by atoms with Crippen molar-refractivity contribution in [3.05, 3.63) is 65.0 Å². The second kappa shape index (κ2) is 7.28. The number of rotatable bonds is 5. The molecule has 5 heteroatoms. The largest absolute Gasteiger partial charge is 0.455 e. The van der Waals surface area contributed by atoms with Crippen molar-refractivity contribution in [2.24, 2.45) is 0 Å². The first-order chi connectivity index (χ1) is 12.4. The smallest absolute Gasteiger partial charge is 0.317 e. The Hall–Kier alpha value is -2.69. The van der Waals surface area contributed by atoms with E-state index in [1.165, 1.54) is 12.1 Å². The van der Waals surface area contributed by atoms with Gasteiger partial charge in [-0.3, -0.25) is 9.59 Å². The van der Waals surface area contributed by atoms with Gasteiger partial charge >= 0.3 is 5.97 Å². The van der Waals surface area contributed by atoms with Crippen molar-refractivity contribution in [3.8, 4) is 0 Å². The van der Waals surface area contributed by atoms with Crippen LogP contribution in [0, 0.1) is 19.7 Å². The van der Waals surface area contributed by atoms with E-state index in [-0.39, 0.29) is 18.3 Å². The fourth-order valence-electron chi connectivity index (χ4n) is 3.20. The molecule has 0 spiro atoms. The molecular formula is C21H22FNO3. The quantitative estimate of drug-likeness (QED) is 0.824. The number of nitrogens with one attached hydrogen (secondary N) is 1. The van der Waals surface area contributed by atoms with Gasteiger partial charge in [0.15, 0.2) is 6.61 Å². The van der Waals surface area contributed by atoms with Gasteiger partial charge in [0.05, 0.1) is 5.41 Å². The zero-order valence-electron chi connectivity index (χ0n) is 15.0. The topological polar surface area (TPSA) is 55.4 Å². The molecule has 136 valence electrons.